The van der Waals surface area contributed by atoms with E-state index in [0.29, 0.717) is 12.8 Å². The van der Waals surface area contributed by atoms with Crippen molar-refractivity contribution < 1.29 is 13.2 Å². The largest absolute Gasteiger partial charge is 0.372 e. The van der Waals surface area contributed by atoms with Gasteiger partial charge >= 0.3 is 0 Å². The van der Waals surface area contributed by atoms with Gasteiger partial charge in [0.2, 0.25) is 5.91 Å². The first-order chi connectivity index (χ1) is 10.9. The smallest absolute Gasteiger partial charge is 0.226 e. The zero-order valence-electron chi connectivity index (χ0n) is 14.2. The van der Waals surface area contributed by atoms with Gasteiger partial charge in [0.25, 0.3) is 0 Å². The molecule has 1 aromatic carbocycles. The molecule has 1 fully saturated rings. The van der Waals surface area contributed by atoms with Gasteiger partial charge in [0.05, 0.1) is 17.5 Å². The summed E-state index contributed by atoms with van der Waals surface area (Å²) in [6.45, 7) is 7.87. The molecule has 1 saturated heterocycles. The number of hydrogen-bond donors (Lipinski definition) is 0. The van der Waals surface area contributed by atoms with Crippen molar-refractivity contribution >= 4 is 27.1 Å². The third-order valence-corrected chi connectivity index (χ3v) is 6.15. The first kappa shape index (κ1) is 17.8. The number of carbonyl (C=O) groups is 1. The number of amides is 1. The maximum absolute atomic E-state index is 12.4. The van der Waals surface area contributed by atoms with E-state index in [0.717, 1.165) is 24.5 Å². The van der Waals surface area contributed by atoms with E-state index in [2.05, 4.69) is 18.7 Å². The average molecular weight is 338 g/mol. The van der Waals surface area contributed by atoms with Gasteiger partial charge in [-0.3, -0.25) is 4.79 Å². The molecule has 0 aliphatic carbocycles. The van der Waals surface area contributed by atoms with E-state index in [1.165, 1.54) is 0 Å². The highest BCUT2D eigenvalue weighted by molar-refractivity contribution is 7.91. The zero-order valence-corrected chi connectivity index (χ0v) is 15.0. The van der Waals surface area contributed by atoms with Gasteiger partial charge in [-0.15, -0.1) is 0 Å². The van der Waals surface area contributed by atoms with Crippen LogP contribution in [0.15, 0.2) is 24.3 Å². The molecule has 1 amide bonds. The molecule has 23 heavy (non-hydrogen) atoms. The van der Waals surface area contributed by atoms with Crippen LogP contribution in [-0.4, -0.2) is 45.0 Å². The molecule has 0 bridgehead atoms. The van der Waals surface area contributed by atoms with Crippen molar-refractivity contribution in [2.24, 2.45) is 0 Å². The number of rotatable bonds is 6. The van der Waals surface area contributed by atoms with E-state index < -0.39 is 9.84 Å². The molecule has 0 aromatic heterocycles. The summed E-state index contributed by atoms with van der Waals surface area (Å²) < 4.78 is 23.5. The van der Waals surface area contributed by atoms with E-state index in [1.54, 1.807) is 4.90 Å². The quantitative estimate of drug-likeness (QED) is 0.799. The number of benzene rings is 1. The van der Waals surface area contributed by atoms with Crippen molar-refractivity contribution in [3.63, 3.8) is 0 Å². The lowest BCUT2D eigenvalue weighted by Gasteiger charge is -2.29. The number of nitrogens with zero attached hydrogens (tertiary/aromatic N) is 2. The lowest BCUT2D eigenvalue weighted by Crippen LogP contribution is -2.41. The van der Waals surface area contributed by atoms with Crippen molar-refractivity contribution in [1.82, 2.24) is 0 Å². The summed E-state index contributed by atoms with van der Waals surface area (Å²) in [5.74, 6) is 0.210. The summed E-state index contributed by atoms with van der Waals surface area (Å²) in [7, 11) is -3.02. The first-order valence-corrected chi connectivity index (χ1v) is 10.1. The summed E-state index contributed by atoms with van der Waals surface area (Å²) in [5, 5.41) is 0. The normalized spacial score (nSPS) is 19.5. The second kappa shape index (κ2) is 7.34. The van der Waals surface area contributed by atoms with Crippen LogP contribution in [-0.2, 0) is 14.6 Å². The van der Waals surface area contributed by atoms with Crippen LogP contribution in [0.4, 0.5) is 11.4 Å². The molecule has 0 N–H and O–H groups in total. The van der Waals surface area contributed by atoms with Crippen LogP contribution >= 0.6 is 0 Å². The molecule has 1 heterocycles. The number of carbonyl (C=O) groups excluding carboxylic acids is 1. The van der Waals surface area contributed by atoms with Crippen molar-refractivity contribution in [2.45, 2.75) is 39.7 Å². The number of anilines is 2. The van der Waals surface area contributed by atoms with Crippen molar-refractivity contribution in [2.75, 3.05) is 34.4 Å². The van der Waals surface area contributed by atoms with Gasteiger partial charge in [0, 0.05) is 30.9 Å². The van der Waals surface area contributed by atoms with E-state index in [1.807, 2.05) is 31.2 Å². The van der Waals surface area contributed by atoms with E-state index in [9.17, 15) is 13.2 Å². The molecule has 1 unspecified atom stereocenters. The molecular formula is C17H26N2O3S. The van der Waals surface area contributed by atoms with E-state index >= 15 is 0 Å². The summed E-state index contributed by atoms with van der Waals surface area (Å²) in [6, 6.07) is 7.61. The molecule has 1 aromatic rings. The number of sulfone groups is 1. The minimum absolute atomic E-state index is 0.0253. The lowest BCUT2D eigenvalue weighted by molar-refractivity contribution is -0.118. The Hall–Kier alpha value is -1.56. The predicted octanol–water partition coefficient (Wildman–Crippen LogP) is 2.46. The van der Waals surface area contributed by atoms with Gasteiger partial charge in [-0.05, 0) is 44.5 Å². The first-order valence-electron chi connectivity index (χ1n) is 8.29. The molecule has 6 heteroatoms. The molecule has 1 aliphatic rings. The van der Waals surface area contributed by atoms with Gasteiger partial charge in [-0.25, -0.2) is 8.42 Å². The Bertz CT molecular complexity index is 636. The standard InChI is InChI=1S/C17H26N2O3S/c1-4-17(20)19(16-11-12-23(21,22)13-16)15-9-7-14(8-10-15)18(5-2)6-3/h7-10,16H,4-6,11-13H2,1-3H3. The van der Waals surface area contributed by atoms with Crippen LogP contribution in [0.3, 0.4) is 0 Å². The molecule has 2 rings (SSSR count). The highest BCUT2D eigenvalue weighted by Gasteiger charge is 2.34. The molecule has 128 valence electrons. The minimum atomic E-state index is -3.02. The topological polar surface area (TPSA) is 57.7 Å². The van der Waals surface area contributed by atoms with Crippen molar-refractivity contribution in [1.29, 1.82) is 0 Å². The van der Waals surface area contributed by atoms with E-state index in [4.69, 9.17) is 0 Å². The Morgan fingerprint density at radius 1 is 1.09 bits per heavy atom. The predicted molar refractivity (Wildman–Crippen MR) is 94.8 cm³/mol. The Labute approximate surface area is 139 Å². The Morgan fingerprint density at radius 2 is 1.65 bits per heavy atom. The fraction of sp³-hybridized carbons (Fsp3) is 0.588. The Kier molecular flexibility index (Phi) is 5.68. The van der Waals surface area contributed by atoms with Crippen LogP contribution in [0.5, 0.6) is 0 Å². The highest BCUT2D eigenvalue weighted by Crippen LogP contribution is 2.27. The molecule has 1 aliphatic heterocycles. The molecule has 5 nitrogen and oxygen atoms in total. The minimum Gasteiger partial charge on any atom is -0.372 e. The summed E-state index contributed by atoms with van der Waals surface area (Å²) in [5.41, 5.74) is 1.90. The highest BCUT2D eigenvalue weighted by atomic mass is 32.2. The van der Waals surface area contributed by atoms with Crippen LogP contribution < -0.4 is 9.80 Å². The van der Waals surface area contributed by atoms with Crippen LogP contribution in [0.2, 0.25) is 0 Å². The van der Waals surface area contributed by atoms with Crippen molar-refractivity contribution in [3.05, 3.63) is 24.3 Å². The van der Waals surface area contributed by atoms with Crippen molar-refractivity contribution in [3.8, 4) is 0 Å². The molecule has 0 spiro atoms. The van der Waals surface area contributed by atoms with E-state index in [-0.39, 0.29) is 23.5 Å². The molecule has 0 radical (unpaired) electrons. The third-order valence-electron chi connectivity index (χ3n) is 4.40. The summed E-state index contributed by atoms with van der Waals surface area (Å²) in [4.78, 5) is 16.3. The fourth-order valence-electron chi connectivity index (χ4n) is 3.12. The van der Waals surface area contributed by atoms with Crippen LogP contribution in [0.1, 0.15) is 33.6 Å². The second-order valence-electron chi connectivity index (χ2n) is 5.86. The van der Waals surface area contributed by atoms with Crippen LogP contribution in [0.25, 0.3) is 0 Å². The Morgan fingerprint density at radius 3 is 2.09 bits per heavy atom. The van der Waals surface area contributed by atoms with Gasteiger partial charge in [-0.1, -0.05) is 6.92 Å². The van der Waals surface area contributed by atoms with Crippen LogP contribution in [0, 0.1) is 0 Å². The maximum Gasteiger partial charge on any atom is 0.226 e. The molecular weight excluding hydrogens is 312 g/mol. The molecule has 1 atom stereocenters. The summed E-state index contributed by atoms with van der Waals surface area (Å²) in [6.07, 6.45) is 0.889. The maximum atomic E-state index is 12.4. The number of hydrogen-bond acceptors (Lipinski definition) is 4. The average Bonchev–Trinajstić information content (AvgIpc) is 2.89. The third kappa shape index (κ3) is 4.05. The second-order valence-corrected chi connectivity index (χ2v) is 8.09. The molecule has 0 saturated carbocycles. The lowest BCUT2D eigenvalue weighted by atomic mass is 10.1. The SMILES string of the molecule is CCC(=O)N(c1ccc(N(CC)CC)cc1)C1CCS(=O)(=O)C1. The van der Waals surface area contributed by atoms with Gasteiger partial charge in [0.15, 0.2) is 9.84 Å². The zero-order chi connectivity index (χ0) is 17.0. The summed E-state index contributed by atoms with van der Waals surface area (Å²) >= 11 is 0. The monoisotopic (exact) mass is 338 g/mol. The van der Waals surface area contributed by atoms with Gasteiger partial charge in [-0.2, -0.15) is 0 Å². The fourth-order valence-corrected chi connectivity index (χ4v) is 4.82. The van der Waals surface area contributed by atoms with Gasteiger partial charge in [0.1, 0.15) is 0 Å². The Balaban J connectivity index is 2.28. The van der Waals surface area contributed by atoms with Gasteiger partial charge < -0.3 is 9.80 Å².